The highest BCUT2D eigenvalue weighted by molar-refractivity contribution is 7.92. The molecule has 6 nitrogen and oxygen atoms in total. The van der Waals surface area contributed by atoms with Crippen LogP contribution in [0.1, 0.15) is 28.8 Å². The summed E-state index contributed by atoms with van der Waals surface area (Å²) in [5, 5.41) is 2.82. The second kappa shape index (κ2) is 8.70. The maximum Gasteiger partial charge on any atom is 0.251 e. The van der Waals surface area contributed by atoms with Gasteiger partial charge in [0, 0.05) is 24.3 Å². The number of hydrogen-bond acceptors (Lipinski definition) is 4. The molecule has 28 heavy (non-hydrogen) atoms. The van der Waals surface area contributed by atoms with E-state index in [-0.39, 0.29) is 24.1 Å². The van der Waals surface area contributed by atoms with Crippen LogP contribution in [-0.4, -0.2) is 39.8 Å². The van der Waals surface area contributed by atoms with Gasteiger partial charge in [0.1, 0.15) is 5.82 Å². The van der Waals surface area contributed by atoms with Crippen LogP contribution in [0.15, 0.2) is 48.5 Å². The van der Waals surface area contributed by atoms with Crippen LogP contribution in [0.2, 0.25) is 0 Å². The quantitative estimate of drug-likeness (QED) is 0.767. The van der Waals surface area contributed by atoms with E-state index in [0.717, 1.165) is 30.0 Å². The van der Waals surface area contributed by atoms with E-state index in [2.05, 4.69) is 5.32 Å². The Balaban J connectivity index is 1.73. The number of nitrogens with one attached hydrogen (secondary N) is 1. The summed E-state index contributed by atoms with van der Waals surface area (Å²) in [5.74, 6) is -0.719. The lowest BCUT2D eigenvalue weighted by molar-refractivity contribution is 0.0858. The minimum Gasteiger partial charge on any atom is -0.376 e. The van der Waals surface area contributed by atoms with Gasteiger partial charge in [-0.1, -0.05) is 18.2 Å². The Bertz CT molecular complexity index is 925. The molecule has 1 aliphatic rings. The number of benzene rings is 2. The van der Waals surface area contributed by atoms with Crippen molar-refractivity contribution in [2.45, 2.75) is 25.5 Å². The molecule has 0 spiro atoms. The average molecular weight is 406 g/mol. The number of sulfonamides is 1. The van der Waals surface area contributed by atoms with Crippen LogP contribution in [0, 0.1) is 5.82 Å². The molecule has 0 bridgehead atoms. The number of nitrogens with zero attached hydrogens (tertiary/aromatic N) is 1. The van der Waals surface area contributed by atoms with E-state index in [1.807, 2.05) is 0 Å². The van der Waals surface area contributed by atoms with Gasteiger partial charge in [0.25, 0.3) is 5.91 Å². The molecule has 1 amide bonds. The summed E-state index contributed by atoms with van der Waals surface area (Å²) >= 11 is 0. The number of halogens is 1. The van der Waals surface area contributed by atoms with Crippen LogP contribution in [0.5, 0.6) is 0 Å². The Hall–Kier alpha value is -2.45. The topological polar surface area (TPSA) is 75.7 Å². The lowest BCUT2D eigenvalue weighted by atomic mass is 10.1. The molecule has 2 aromatic carbocycles. The predicted molar refractivity (Wildman–Crippen MR) is 105 cm³/mol. The molecule has 150 valence electrons. The molecule has 0 unspecified atom stereocenters. The summed E-state index contributed by atoms with van der Waals surface area (Å²) in [6.45, 7) is 1.04. The third kappa shape index (κ3) is 5.08. The van der Waals surface area contributed by atoms with E-state index in [0.29, 0.717) is 17.8 Å². The minimum atomic E-state index is -3.64. The normalized spacial score (nSPS) is 16.7. The smallest absolute Gasteiger partial charge is 0.251 e. The molecule has 1 heterocycles. The van der Waals surface area contributed by atoms with E-state index in [4.69, 9.17) is 4.74 Å². The first-order valence-electron chi connectivity index (χ1n) is 9.05. The third-order valence-corrected chi connectivity index (χ3v) is 5.74. The van der Waals surface area contributed by atoms with E-state index in [1.54, 1.807) is 42.5 Å². The van der Waals surface area contributed by atoms with Crippen LogP contribution < -0.4 is 9.62 Å². The lowest BCUT2D eigenvalue weighted by Crippen LogP contribution is -2.32. The van der Waals surface area contributed by atoms with Crippen molar-refractivity contribution in [2.24, 2.45) is 0 Å². The molecular formula is C20H23FN2O4S. The lowest BCUT2D eigenvalue weighted by Gasteiger charge is -2.23. The number of carbonyl (C=O) groups excluding carboxylic acids is 1. The largest absolute Gasteiger partial charge is 0.376 e. The highest BCUT2D eigenvalue weighted by Crippen LogP contribution is 2.22. The van der Waals surface area contributed by atoms with Crippen LogP contribution in [0.4, 0.5) is 10.1 Å². The van der Waals surface area contributed by atoms with Crippen molar-refractivity contribution in [3.8, 4) is 0 Å². The molecule has 1 atom stereocenters. The SMILES string of the molecule is CS(=O)(=O)N(Cc1ccccc1F)c1ccc(C(=O)NC[C@H]2CCCO2)cc1. The number of anilines is 1. The second-order valence-corrected chi connectivity index (χ2v) is 8.66. The fourth-order valence-electron chi connectivity index (χ4n) is 3.07. The Labute approximate surface area is 164 Å². The van der Waals surface area contributed by atoms with E-state index in [1.165, 1.54) is 6.07 Å². The fraction of sp³-hybridized carbons (Fsp3) is 0.350. The van der Waals surface area contributed by atoms with Gasteiger partial charge in [0.2, 0.25) is 10.0 Å². The van der Waals surface area contributed by atoms with Crippen molar-refractivity contribution in [1.29, 1.82) is 0 Å². The molecule has 2 aromatic rings. The third-order valence-electron chi connectivity index (χ3n) is 4.60. The zero-order valence-electron chi connectivity index (χ0n) is 15.6. The summed E-state index contributed by atoms with van der Waals surface area (Å²) in [7, 11) is -3.64. The number of carbonyl (C=O) groups is 1. The first-order valence-corrected chi connectivity index (χ1v) is 10.9. The molecule has 3 rings (SSSR count). The predicted octanol–water partition coefficient (Wildman–Crippen LogP) is 2.70. The average Bonchev–Trinajstić information content (AvgIpc) is 3.18. The highest BCUT2D eigenvalue weighted by Gasteiger charge is 2.20. The van der Waals surface area contributed by atoms with Gasteiger partial charge in [-0.3, -0.25) is 9.10 Å². The summed E-state index contributed by atoms with van der Waals surface area (Å²) < 4.78 is 45.0. The van der Waals surface area contributed by atoms with Gasteiger partial charge >= 0.3 is 0 Å². The van der Waals surface area contributed by atoms with Crippen LogP contribution >= 0.6 is 0 Å². The molecule has 1 N–H and O–H groups in total. The van der Waals surface area contributed by atoms with Gasteiger partial charge in [-0.05, 0) is 43.2 Å². The number of ether oxygens (including phenoxy) is 1. The summed E-state index contributed by atoms with van der Waals surface area (Å²) in [5.41, 5.74) is 1.05. The standard InChI is InChI=1S/C20H23FN2O4S/c1-28(25,26)23(14-16-5-2-3-7-19(16)21)17-10-8-15(9-11-17)20(24)22-13-18-6-4-12-27-18/h2-3,5,7-11,18H,4,6,12-14H2,1H3,(H,22,24)/t18-/m1/s1. The van der Waals surface area contributed by atoms with Crippen molar-refractivity contribution in [3.63, 3.8) is 0 Å². The Morgan fingerprint density at radius 3 is 2.54 bits per heavy atom. The molecule has 1 aliphatic heterocycles. The Morgan fingerprint density at radius 2 is 1.93 bits per heavy atom. The van der Waals surface area contributed by atoms with Crippen molar-refractivity contribution >= 4 is 21.6 Å². The number of hydrogen-bond donors (Lipinski definition) is 1. The monoisotopic (exact) mass is 406 g/mol. The minimum absolute atomic E-state index is 0.0460. The molecule has 8 heteroatoms. The van der Waals surface area contributed by atoms with Crippen LogP contribution in [-0.2, 0) is 21.3 Å². The van der Waals surface area contributed by atoms with Crippen molar-refractivity contribution < 1.29 is 22.3 Å². The van der Waals surface area contributed by atoms with Crippen LogP contribution in [0.25, 0.3) is 0 Å². The number of amides is 1. The molecule has 0 saturated carbocycles. The second-order valence-electron chi connectivity index (χ2n) is 6.75. The molecule has 1 fully saturated rings. The maximum atomic E-state index is 14.0. The molecule has 1 saturated heterocycles. The van der Waals surface area contributed by atoms with Gasteiger partial charge in [0.15, 0.2) is 0 Å². The molecule has 0 aromatic heterocycles. The number of rotatable bonds is 7. The van der Waals surface area contributed by atoms with Gasteiger partial charge < -0.3 is 10.1 Å². The molecule has 0 aliphatic carbocycles. The summed E-state index contributed by atoms with van der Waals surface area (Å²) in [4.78, 5) is 12.3. The highest BCUT2D eigenvalue weighted by atomic mass is 32.2. The fourth-order valence-corrected chi connectivity index (χ4v) is 3.95. The molecular weight excluding hydrogens is 383 g/mol. The van der Waals surface area contributed by atoms with Gasteiger partial charge in [-0.25, -0.2) is 12.8 Å². The van der Waals surface area contributed by atoms with Crippen LogP contribution in [0.3, 0.4) is 0 Å². The summed E-state index contributed by atoms with van der Waals surface area (Å²) in [6, 6.07) is 12.2. The zero-order chi connectivity index (χ0) is 20.1. The van der Waals surface area contributed by atoms with Crippen molar-refractivity contribution in [1.82, 2.24) is 5.32 Å². The first-order chi connectivity index (χ1) is 13.3. The van der Waals surface area contributed by atoms with E-state index in [9.17, 15) is 17.6 Å². The zero-order valence-corrected chi connectivity index (χ0v) is 16.4. The van der Waals surface area contributed by atoms with E-state index >= 15 is 0 Å². The van der Waals surface area contributed by atoms with Crippen molar-refractivity contribution in [2.75, 3.05) is 23.7 Å². The maximum absolute atomic E-state index is 14.0. The first kappa shape index (κ1) is 20.3. The van der Waals surface area contributed by atoms with Gasteiger partial charge in [0.05, 0.1) is 24.6 Å². The summed E-state index contributed by atoms with van der Waals surface area (Å²) in [6.07, 6.45) is 3.04. The Kier molecular flexibility index (Phi) is 6.31. The van der Waals surface area contributed by atoms with Gasteiger partial charge in [-0.2, -0.15) is 0 Å². The Morgan fingerprint density at radius 1 is 1.21 bits per heavy atom. The molecule has 0 radical (unpaired) electrons. The van der Waals surface area contributed by atoms with Crippen molar-refractivity contribution in [3.05, 3.63) is 65.5 Å². The van der Waals surface area contributed by atoms with Gasteiger partial charge in [-0.15, -0.1) is 0 Å². The van der Waals surface area contributed by atoms with E-state index < -0.39 is 15.8 Å².